The van der Waals surface area contributed by atoms with E-state index in [0.717, 1.165) is 26.2 Å². The molecule has 1 aromatic carbocycles. The van der Waals surface area contributed by atoms with E-state index in [2.05, 4.69) is 35.5 Å². The minimum Gasteiger partial charge on any atom is -0.450 e. The molecule has 5 heteroatoms. The van der Waals surface area contributed by atoms with Crippen LogP contribution < -0.4 is 0 Å². The smallest absolute Gasteiger partial charge is 0.409 e. The molecule has 0 radical (unpaired) electrons. The van der Waals surface area contributed by atoms with Gasteiger partial charge in [-0.2, -0.15) is 0 Å². The number of aryl methyl sites for hydroxylation is 1. The van der Waals surface area contributed by atoms with Gasteiger partial charge in [0.2, 0.25) is 0 Å². The highest BCUT2D eigenvalue weighted by molar-refractivity contribution is 7.97. The molecule has 1 heterocycles. The van der Waals surface area contributed by atoms with Crippen LogP contribution in [-0.4, -0.2) is 48.1 Å². The summed E-state index contributed by atoms with van der Waals surface area (Å²) in [5.41, 5.74) is 1.27. The molecular weight excluding hydrogens is 260 g/mol. The third-order valence-corrected chi connectivity index (χ3v) is 4.13. The second kappa shape index (κ2) is 6.82. The molecule has 1 fully saturated rings. The molecule has 0 atom stereocenters. The summed E-state index contributed by atoms with van der Waals surface area (Å²) in [7, 11) is 0. The first-order chi connectivity index (χ1) is 9.19. The Morgan fingerprint density at radius 2 is 1.84 bits per heavy atom. The van der Waals surface area contributed by atoms with E-state index in [1.165, 1.54) is 10.5 Å². The molecule has 0 bridgehead atoms. The Morgan fingerprint density at radius 3 is 2.42 bits per heavy atom. The summed E-state index contributed by atoms with van der Waals surface area (Å²) < 4.78 is 7.30. The molecule has 0 spiro atoms. The summed E-state index contributed by atoms with van der Waals surface area (Å²) >= 11 is 1.75. The highest BCUT2D eigenvalue weighted by Gasteiger charge is 2.22. The van der Waals surface area contributed by atoms with Crippen molar-refractivity contribution in [1.82, 2.24) is 9.21 Å². The molecule has 0 aliphatic carbocycles. The van der Waals surface area contributed by atoms with Crippen LogP contribution >= 0.6 is 11.9 Å². The van der Waals surface area contributed by atoms with Crippen LogP contribution in [0.15, 0.2) is 29.2 Å². The number of piperazine rings is 1. The van der Waals surface area contributed by atoms with E-state index in [1.807, 2.05) is 6.92 Å². The van der Waals surface area contributed by atoms with Gasteiger partial charge in [-0.05, 0) is 37.9 Å². The summed E-state index contributed by atoms with van der Waals surface area (Å²) in [6.45, 7) is 7.58. The Balaban J connectivity index is 1.80. The van der Waals surface area contributed by atoms with Gasteiger partial charge >= 0.3 is 6.09 Å². The molecule has 0 saturated carbocycles. The van der Waals surface area contributed by atoms with Gasteiger partial charge in [-0.1, -0.05) is 17.7 Å². The Labute approximate surface area is 118 Å². The molecule has 0 aromatic heterocycles. The quantitative estimate of drug-likeness (QED) is 0.797. The zero-order valence-electron chi connectivity index (χ0n) is 11.5. The molecule has 104 valence electrons. The second-order valence-corrected chi connectivity index (χ2v) is 5.69. The van der Waals surface area contributed by atoms with Crippen LogP contribution in [0.25, 0.3) is 0 Å². The molecule has 1 saturated heterocycles. The van der Waals surface area contributed by atoms with E-state index < -0.39 is 0 Å². The molecule has 1 aromatic rings. The molecule has 0 unspecified atom stereocenters. The SMILES string of the molecule is CCOC(=O)N1CCN(Sc2ccc(C)cc2)CC1. The van der Waals surface area contributed by atoms with Gasteiger partial charge < -0.3 is 9.64 Å². The Hall–Kier alpha value is -1.20. The first-order valence-corrected chi connectivity index (χ1v) is 7.37. The topological polar surface area (TPSA) is 32.8 Å². The summed E-state index contributed by atoms with van der Waals surface area (Å²) in [4.78, 5) is 14.6. The van der Waals surface area contributed by atoms with E-state index in [4.69, 9.17) is 4.74 Å². The van der Waals surface area contributed by atoms with Crippen molar-refractivity contribution < 1.29 is 9.53 Å². The zero-order chi connectivity index (χ0) is 13.7. The maximum Gasteiger partial charge on any atom is 0.409 e. The fourth-order valence-electron chi connectivity index (χ4n) is 1.92. The number of benzene rings is 1. The lowest BCUT2D eigenvalue weighted by Gasteiger charge is -2.33. The van der Waals surface area contributed by atoms with Crippen LogP contribution in [0.5, 0.6) is 0 Å². The van der Waals surface area contributed by atoms with E-state index in [9.17, 15) is 4.79 Å². The predicted octanol–water partition coefficient (Wildman–Crippen LogP) is 2.78. The van der Waals surface area contributed by atoms with E-state index in [0.29, 0.717) is 6.61 Å². The number of hydrogen-bond acceptors (Lipinski definition) is 4. The number of amides is 1. The molecular formula is C14H20N2O2S. The van der Waals surface area contributed by atoms with Crippen molar-refractivity contribution in [3.05, 3.63) is 29.8 Å². The largest absolute Gasteiger partial charge is 0.450 e. The number of rotatable bonds is 3. The molecule has 1 amide bonds. The van der Waals surface area contributed by atoms with Crippen LogP contribution in [0, 0.1) is 6.92 Å². The van der Waals surface area contributed by atoms with E-state index in [-0.39, 0.29) is 6.09 Å². The predicted molar refractivity (Wildman–Crippen MR) is 77.2 cm³/mol. The molecule has 4 nitrogen and oxygen atoms in total. The number of ether oxygens (including phenoxy) is 1. The molecule has 0 N–H and O–H groups in total. The lowest BCUT2D eigenvalue weighted by atomic mass is 10.2. The maximum absolute atomic E-state index is 11.6. The van der Waals surface area contributed by atoms with Gasteiger partial charge in [0, 0.05) is 31.1 Å². The second-order valence-electron chi connectivity index (χ2n) is 4.52. The Morgan fingerprint density at radius 1 is 1.21 bits per heavy atom. The third kappa shape index (κ3) is 4.14. The lowest BCUT2D eigenvalue weighted by molar-refractivity contribution is 0.0948. The standard InChI is InChI=1S/C14H20N2O2S/c1-3-18-14(17)15-8-10-16(11-9-15)19-13-6-4-12(2)5-7-13/h4-7H,3,8-11H2,1-2H3. The van der Waals surface area contributed by atoms with E-state index in [1.54, 1.807) is 16.8 Å². The average molecular weight is 280 g/mol. The summed E-state index contributed by atoms with van der Waals surface area (Å²) in [6, 6.07) is 8.52. The number of carbonyl (C=O) groups is 1. The summed E-state index contributed by atoms with van der Waals surface area (Å²) in [5.74, 6) is 0. The fourth-order valence-corrected chi connectivity index (χ4v) is 2.83. The van der Waals surface area contributed by atoms with Crippen LogP contribution in [0.4, 0.5) is 4.79 Å². The lowest BCUT2D eigenvalue weighted by Crippen LogP contribution is -2.46. The normalized spacial score (nSPS) is 16.4. The Bertz CT molecular complexity index is 414. The summed E-state index contributed by atoms with van der Waals surface area (Å²) in [5, 5.41) is 0. The minimum absolute atomic E-state index is 0.192. The zero-order valence-corrected chi connectivity index (χ0v) is 12.3. The van der Waals surface area contributed by atoms with Crippen molar-refractivity contribution in [3.63, 3.8) is 0 Å². The Kier molecular flexibility index (Phi) is 5.10. The number of hydrogen-bond donors (Lipinski definition) is 0. The van der Waals surface area contributed by atoms with Crippen molar-refractivity contribution >= 4 is 18.0 Å². The van der Waals surface area contributed by atoms with Gasteiger partial charge in [0.1, 0.15) is 0 Å². The molecule has 2 rings (SSSR count). The first-order valence-electron chi connectivity index (χ1n) is 6.60. The van der Waals surface area contributed by atoms with Crippen molar-refractivity contribution in [2.24, 2.45) is 0 Å². The molecule has 1 aliphatic heterocycles. The maximum atomic E-state index is 11.6. The third-order valence-electron chi connectivity index (χ3n) is 3.02. The monoisotopic (exact) mass is 280 g/mol. The van der Waals surface area contributed by atoms with Crippen LogP contribution in [0.1, 0.15) is 12.5 Å². The van der Waals surface area contributed by atoms with Crippen molar-refractivity contribution in [2.75, 3.05) is 32.8 Å². The van der Waals surface area contributed by atoms with Crippen LogP contribution in [-0.2, 0) is 4.74 Å². The van der Waals surface area contributed by atoms with Crippen molar-refractivity contribution in [1.29, 1.82) is 0 Å². The summed E-state index contributed by atoms with van der Waals surface area (Å²) in [6.07, 6.45) is -0.192. The average Bonchev–Trinajstić information content (AvgIpc) is 2.42. The molecule has 19 heavy (non-hydrogen) atoms. The van der Waals surface area contributed by atoms with Gasteiger partial charge in [0.15, 0.2) is 0 Å². The molecule has 1 aliphatic rings. The van der Waals surface area contributed by atoms with Crippen LogP contribution in [0.3, 0.4) is 0 Å². The highest BCUT2D eigenvalue weighted by atomic mass is 32.2. The van der Waals surface area contributed by atoms with Crippen LogP contribution in [0.2, 0.25) is 0 Å². The van der Waals surface area contributed by atoms with Gasteiger partial charge in [-0.3, -0.25) is 0 Å². The van der Waals surface area contributed by atoms with Gasteiger partial charge in [-0.25, -0.2) is 9.10 Å². The van der Waals surface area contributed by atoms with Crippen molar-refractivity contribution in [2.45, 2.75) is 18.7 Å². The number of carbonyl (C=O) groups excluding carboxylic acids is 1. The van der Waals surface area contributed by atoms with Crippen molar-refractivity contribution in [3.8, 4) is 0 Å². The van der Waals surface area contributed by atoms with Gasteiger partial charge in [-0.15, -0.1) is 0 Å². The number of nitrogens with zero attached hydrogens (tertiary/aromatic N) is 2. The van der Waals surface area contributed by atoms with Gasteiger partial charge in [0.25, 0.3) is 0 Å². The first kappa shape index (κ1) is 14.2. The van der Waals surface area contributed by atoms with Gasteiger partial charge in [0.05, 0.1) is 6.61 Å². The fraction of sp³-hybridized carbons (Fsp3) is 0.500. The van der Waals surface area contributed by atoms with E-state index >= 15 is 0 Å². The highest BCUT2D eigenvalue weighted by Crippen LogP contribution is 2.24. The minimum atomic E-state index is -0.192.